The lowest BCUT2D eigenvalue weighted by atomic mass is 9.81. The highest BCUT2D eigenvalue weighted by molar-refractivity contribution is 7.26. The van der Waals surface area contributed by atoms with Crippen LogP contribution in [-0.2, 0) is 5.41 Å². The van der Waals surface area contributed by atoms with Crippen LogP contribution in [0.4, 0.5) is 17.1 Å². The molecule has 1 nitrogen and oxygen atoms in total. The molecule has 0 fully saturated rings. The van der Waals surface area contributed by atoms with Crippen molar-refractivity contribution in [3.8, 4) is 44.5 Å². The van der Waals surface area contributed by atoms with E-state index in [0.717, 1.165) is 17.1 Å². The van der Waals surface area contributed by atoms with Crippen molar-refractivity contribution in [3.63, 3.8) is 0 Å². The van der Waals surface area contributed by atoms with E-state index in [9.17, 15) is 0 Å². The van der Waals surface area contributed by atoms with Crippen LogP contribution in [0.2, 0.25) is 0 Å². The Morgan fingerprint density at radius 3 is 1.74 bits per heavy atom. The SMILES string of the molecule is CC1(C)c2ccc(N(c3ccc(-c4ccccc4)cc3)c3ccccc3-c3ccccc3)cc2-c2c1cc1sc3ccccc3c1c2-c1ccccc1. The van der Waals surface area contributed by atoms with Gasteiger partial charge in [0.05, 0.1) is 5.69 Å². The third-order valence-electron chi connectivity index (χ3n) is 11.1. The first-order valence-electron chi connectivity index (χ1n) is 18.4. The van der Waals surface area contributed by atoms with E-state index in [1.54, 1.807) is 0 Å². The summed E-state index contributed by atoms with van der Waals surface area (Å²) < 4.78 is 2.68. The molecule has 0 radical (unpaired) electrons. The fourth-order valence-electron chi connectivity index (χ4n) is 8.51. The van der Waals surface area contributed by atoms with Gasteiger partial charge in [-0.3, -0.25) is 0 Å². The monoisotopic (exact) mass is 695 g/mol. The van der Waals surface area contributed by atoms with E-state index in [1.807, 2.05) is 11.3 Å². The minimum atomic E-state index is -0.165. The molecule has 0 atom stereocenters. The van der Waals surface area contributed by atoms with Gasteiger partial charge in [-0.2, -0.15) is 0 Å². The van der Waals surface area contributed by atoms with Crippen LogP contribution >= 0.6 is 11.3 Å². The smallest absolute Gasteiger partial charge is 0.0540 e. The molecule has 0 bridgehead atoms. The second-order valence-corrected chi connectivity index (χ2v) is 15.6. The van der Waals surface area contributed by atoms with Crippen LogP contribution in [0.5, 0.6) is 0 Å². The molecule has 1 aromatic heterocycles. The fourth-order valence-corrected chi connectivity index (χ4v) is 9.67. The van der Waals surface area contributed by atoms with E-state index < -0.39 is 0 Å². The number of rotatable bonds is 6. The number of anilines is 3. The predicted molar refractivity (Wildman–Crippen MR) is 228 cm³/mol. The predicted octanol–water partition coefficient (Wildman–Crippen LogP) is 14.8. The molecule has 0 aliphatic heterocycles. The molecule has 0 amide bonds. The van der Waals surface area contributed by atoms with Gasteiger partial charge in [0.15, 0.2) is 0 Å². The van der Waals surface area contributed by atoms with E-state index in [1.165, 1.54) is 75.8 Å². The zero-order valence-electron chi connectivity index (χ0n) is 29.8. The maximum Gasteiger partial charge on any atom is 0.0540 e. The lowest BCUT2D eigenvalue weighted by molar-refractivity contribution is 0.661. The Bertz CT molecular complexity index is 2780. The number of fused-ring (bicyclic) bond motifs is 6. The Morgan fingerprint density at radius 1 is 0.415 bits per heavy atom. The van der Waals surface area contributed by atoms with Crippen molar-refractivity contribution in [1.29, 1.82) is 0 Å². The first-order valence-corrected chi connectivity index (χ1v) is 19.2. The van der Waals surface area contributed by atoms with Gasteiger partial charge in [-0.15, -0.1) is 11.3 Å². The highest BCUT2D eigenvalue weighted by Gasteiger charge is 2.39. The zero-order valence-corrected chi connectivity index (χ0v) is 30.6. The van der Waals surface area contributed by atoms with Crippen molar-refractivity contribution in [2.24, 2.45) is 0 Å². The molecule has 1 aliphatic carbocycles. The van der Waals surface area contributed by atoms with E-state index in [0.29, 0.717) is 0 Å². The van der Waals surface area contributed by atoms with Gasteiger partial charge in [-0.25, -0.2) is 0 Å². The molecule has 0 saturated carbocycles. The van der Waals surface area contributed by atoms with Gasteiger partial charge in [0, 0.05) is 42.5 Å². The number of benzene rings is 8. The van der Waals surface area contributed by atoms with Crippen LogP contribution in [0.3, 0.4) is 0 Å². The number of hydrogen-bond donors (Lipinski definition) is 0. The number of hydrogen-bond acceptors (Lipinski definition) is 2. The second-order valence-electron chi connectivity index (χ2n) is 14.5. The van der Waals surface area contributed by atoms with Crippen LogP contribution in [0.15, 0.2) is 188 Å². The van der Waals surface area contributed by atoms with Gasteiger partial charge in [0.2, 0.25) is 0 Å². The maximum atomic E-state index is 2.49. The largest absolute Gasteiger partial charge is 0.310 e. The molecule has 0 spiro atoms. The molecule has 8 aromatic carbocycles. The van der Waals surface area contributed by atoms with Crippen LogP contribution in [0.1, 0.15) is 25.0 Å². The first-order chi connectivity index (χ1) is 26.1. The number of para-hydroxylation sites is 1. The maximum absolute atomic E-state index is 2.49. The molecule has 1 heterocycles. The van der Waals surface area contributed by atoms with Gasteiger partial charge in [-0.05, 0) is 92.5 Å². The van der Waals surface area contributed by atoms with Gasteiger partial charge in [0.1, 0.15) is 0 Å². The summed E-state index contributed by atoms with van der Waals surface area (Å²) >= 11 is 1.91. The Morgan fingerprint density at radius 2 is 1.00 bits per heavy atom. The van der Waals surface area contributed by atoms with Crippen LogP contribution in [0, 0.1) is 0 Å². The molecule has 252 valence electrons. The van der Waals surface area contributed by atoms with Crippen molar-refractivity contribution in [3.05, 3.63) is 199 Å². The highest BCUT2D eigenvalue weighted by Crippen LogP contribution is 2.57. The molecule has 1 aliphatic rings. The van der Waals surface area contributed by atoms with Gasteiger partial charge in [-0.1, -0.05) is 159 Å². The van der Waals surface area contributed by atoms with E-state index in [2.05, 4.69) is 207 Å². The molecule has 2 heteroatoms. The minimum Gasteiger partial charge on any atom is -0.310 e. The highest BCUT2D eigenvalue weighted by atomic mass is 32.1. The topological polar surface area (TPSA) is 3.24 Å². The summed E-state index contributed by atoms with van der Waals surface area (Å²) in [5.74, 6) is 0. The molecule has 0 N–H and O–H groups in total. The molecule has 53 heavy (non-hydrogen) atoms. The second kappa shape index (κ2) is 12.5. The third kappa shape index (κ3) is 5.13. The van der Waals surface area contributed by atoms with Gasteiger partial charge < -0.3 is 4.90 Å². The van der Waals surface area contributed by atoms with Crippen molar-refractivity contribution in [1.82, 2.24) is 0 Å². The zero-order chi connectivity index (χ0) is 35.5. The molecular weight excluding hydrogens is 659 g/mol. The number of nitrogens with zero attached hydrogens (tertiary/aromatic N) is 1. The van der Waals surface area contributed by atoms with Crippen LogP contribution < -0.4 is 4.90 Å². The van der Waals surface area contributed by atoms with E-state index in [4.69, 9.17) is 0 Å². The Labute approximate surface area is 315 Å². The Balaban J connectivity index is 1.24. The average Bonchev–Trinajstić information content (AvgIpc) is 3.70. The van der Waals surface area contributed by atoms with Gasteiger partial charge in [0.25, 0.3) is 0 Å². The molecule has 0 unspecified atom stereocenters. The van der Waals surface area contributed by atoms with Crippen molar-refractivity contribution >= 4 is 48.6 Å². The van der Waals surface area contributed by atoms with Crippen LogP contribution in [0.25, 0.3) is 64.7 Å². The molecule has 9 aromatic rings. The first kappa shape index (κ1) is 31.5. The van der Waals surface area contributed by atoms with Crippen molar-refractivity contribution in [2.75, 3.05) is 4.90 Å². The molecule has 0 saturated heterocycles. The standard InChI is InChI=1S/C51H37NS/c1-51(2)43-31-30-39(32-42(43)49-44(51)33-47-50(41-23-13-15-25-46(41)53-47)48(49)37-20-10-5-11-21-37)52(38-28-26-35(27-29-38)34-16-6-3-7-17-34)45-24-14-12-22-40(45)36-18-8-4-9-19-36/h3-33H,1-2H3. The molecular formula is C51H37NS. The van der Waals surface area contributed by atoms with Crippen molar-refractivity contribution in [2.45, 2.75) is 19.3 Å². The van der Waals surface area contributed by atoms with Crippen molar-refractivity contribution < 1.29 is 0 Å². The normalized spacial score (nSPS) is 12.9. The summed E-state index contributed by atoms with van der Waals surface area (Å²) in [4.78, 5) is 2.45. The minimum absolute atomic E-state index is 0.165. The quantitative estimate of drug-likeness (QED) is 0.167. The third-order valence-corrected chi connectivity index (χ3v) is 12.2. The summed E-state index contributed by atoms with van der Waals surface area (Å²) in [7, 11) is 0. The lowest BCUT2D eigenvalue weighted by Crippen LogP contribution is -2.15. The summed E-state index contributed by atoms with van der Waals surface area (Å²) in [6.45, 7) is 4.80. The summed E-state index contributed by atoms with van der Waals surface area (Å²) in [5, 5.41) is 2.68. The molecule has 10 rings (SSSR count). The summed E-state index contributed by atoms with van der Waals surface area (Å²) in [6.07, 6.45) is 0. The Hall–Kier alpha value is -6.22. The lowest BCUT2D eigenvalue weighted by Gasteiger charge is -2.29. The summed E-state index contributed by atoms with van der Waals surface area (Å²) in [6, 6.07) is 68.8. The fraction of sp³-hybridized carbons (Fsp3) is 0.0588. The van der Waals surface area contributed by atoms with Crippen LogP contribution in [-0.4, -0.2) is 0 Å². The number of thiophene rings is 1. The Kier molecular flexibility index (Phi) is 7.42. The van der Waals surface area contributed by atoms with Gasteiger partial charge >= 0.3 is 0 Å². The summed E-state index contributed by atoms with van der Waals surface area (Å²) in [5.41, 5.74) is 16.1. The van der Waals surface area contributed by atoms with E-state index >= 15 is 0 Å². The average molecular weight is 696 g/mol. The van der Waals surface area contributed by atoms with E-state index in [-0.39, 0.29) is 5.41 Å².